The Morgan fingerprint density at radius 2 is 1.68 bits per heavy atom. The Bertz CT molecular complexity index is 275. The van der Waals surface area contributed by atoms with Gasteiger partial charge in [0.05, 0.1) is 18.8 Å². The van der Waals surface area contributed by atoms with E-state index in [1.54, 1.807) is 0 Å². The molecule has 1 unspecified atom stereocenters. The number of unbranched alkanes of at least 4 members (excludes halogenated alkanes) is 3. The molecule has 0 spiro atoms. The average molecular weight is 272 g/mol. The highest BCUT2D eigenvalue weighted by molar-refractivity contribution is 5.69. The predicted molar refractivity (Wildman–Crippen MR) is 71.8 cm³/mol. The van der Waals surface area contributed by atoms with Crippen LogP contribution in [-0.2, 0) is 14.3 Å². The van der Waals surface area contributed by atoms with Gasteiger partial charge in [-0.1, -0.05) is 19.4 Å². The summed E-state index contributed by atoms with van der Waals surface area (Å²) >= 11 is 0. The molecule has 5 nitrogen and oxygen atoms in total. The highest BCUT2D eigenvalue weighted by Crippen LogP contribution is 2.17. The first-order valence-electron chi connectivity index (χ1n) is 6.75. The van der Waals surface area contributed by atoms with Gasteiger partial charge in [0.25, 0.3) is 0 Å². The van der Waals surface area contributed by atoms with Crippen LogP contribution in [0.15, 0.2) is 12.8 Å². The molecule has 110 valence electrons. The van der Waals surface area contributed by atoms with E-state index in [0.29, 0.717) is 25.9 Å². The number of hydrogen-bond donors (Lipinski definition) is 2. The van der Waals surface area contributed by atoms with Gasteiger partial charge >= 0.3 is 11.9 Å². The van der Waals surface area contributed by atoms with E-state index in [1.165, 1.54) is 6.26 Å². The number of rotatable bonds is 13. The standard InChI is InChI=1S/C14H24O5/c1-2-19-11-7-6-9-12(14(17)18)8-4-3-5-10-13(15)16/h2,12H,1,3-11H2,(H,15,16)(H,17,18). The van der Waals surface area contributed by atoms with Crippen molar-refractivity contribution in [3.8, 4) is 0 Å². The van der Waals surface area contributed by atoms with E-state index >= 15 is 0 Å². The lowest BCUT2D eigenvalue weighted by Crippen LogP contribution is -2.14. The summed E-state index contributed by atoms with van der Waals surface area (Å²) in [5.41, 5.74) is 0. The molecule has 0 radical (unpaired) electrons. The first kappa shape index (κ1) is 17.5. The van der Waals surface area contributed by atoms with Crippen molar-refractivity contribution in [1.29, 1.82) is 0 Å². The van der Waals surface area contributed by atoms with Gasteiger partial charge in [0.1, 0.15) is 0 Å². The second-order valence-corrected chi connectivity index (χ2v) is 4.56. The Hall–Kier alpha value is -1.52. The fourth-order valence-electron chi connectivity index (χ4n) is 1.89. The smallest absolute Gasteiger partial charge is 0.306 e. The Morgan fingerprint density at radius 3 is 2.21 bits per heavy atom. The van der Waals surface area contributed by atoms with Crippen molar-refractivity contribution < 1.29 is 24.5 Å². The van der Waals surface area contributed by atoms with Gasteiger partial charge in [-0.2, -0.15) is 0 Å². The van der Waals surface area contributed by atoms with Gasteiger partial charge in [-0.3, -0.25) is 9.59 Å². The van der Waals surface area contributed by atoms with Crippen molar-refractivity contribution in [2.75, 3.05) is 6.61 Å². The molecular formula is C14H24O5. The topological polar surface area (TPSA) is 83.8 Å². The largest absolute Gasteiger partial charge is 0.502 e. The number of carbonyl (C=O) groups is 2. The zero-order chi connectivity index (χ0) is 14.5. The first-order valence-corrected chi connectivity index (χ1v) is 6.75. The van der Waals surface area contributed by atoms with Crippen LogP contribution in [0, 0.1) is 5.92 Å². The van der Waals surface area contributed by atoms with Gasteiger partial charge in [0.15, 0.2) is 0 Å². The van der Waals surface area contributed by atoms with Crippen molar-refractivity contribution >= 4 is 11.9 Å². The second-order valence-electron chi connectivity index (χ2n) is 4.56. The number of ether oxygens (including phenoxy) is 1. The summed E-state index contributed by atoms with van der Waals surface area (Å²) in [4.78, 5) is 21.4. The summed E-state index contributed by atoms with van der Waals surface area (Å²) in [5, 5.41) is 17.6. The number of aliphatic carboxylic acids is 2. The molecule has 0 aromatic heterocycles. The first-order chi connectivity index (χ1) is 9.07. The van der Waals surface area contributed by atoms with Crippen LogP contribution in [0.4, 0.5) is 0 Å². The van der Waals surface area contributed by atoms with E-state index in [9.17, 15) is 9.59 Å². The van der Waals surface area contributed by atoms with E-state index in [2.05, 4.69) is 6.58 Å². The summed E-state index contributed by atoms with van der Waals surface area (Å²) < 4.78 is 4.97. The van der Waals surface area contributed by atoms with Crippen LogP contribution in [0.1, 0.15) is 51.4 Å². The fourth-order valence-corrected chi connectivity index (χ4v) is 1.89. The molecule has 0 rings (SSSR count). The van der Waals surface area contributed by atoms with E-state index in [-0.39, 0.29) is 12.3 Å². The molecule has 0 amide bonds. The molecule has 19 heavy (non-hydrogen) atoms. The summed E-state index contributed by atoms with van der Waals surface area (Å²) in [7, 11) is 0. The van der Waals surface area contributed by atoms with Crippen molar-refractivity contribution in [2.45, 2.75) is 51.4 Å². The lowest BCUT2D eigenvalue weighted by atomic mass is 9.95. The lowest BCUT2D eigenvalue weighted by molar-refractivity contribution is -0.142. The Labute approximate surface area is 114 Å². The second kappa shape index (κ2) is 11.6. The zero-order valence-electron chi connectivity index (χ0n) is 11.3. The Morgan fingerprint density at radius 1 is 1.05 bits per heavy atom. The fraction of sp³-hybridized carbons (Fsp3) is 0.714. The summed E-state index contributed by atoms with van der Waals surface area (Å²) in [6, 6.07) is 0. The molecule has 0 heterocycles. The maximum atomic E-state index is 11.0. The van der Waals surface area contributed by atoms with Crippen molar-refractivity contribution in [3.63, 3.8) is 0 Å². The molecule has 0 aromatic carbocycles. The SMILES string of the molecule is C=COCCCCC(CCCCCC(=O)O)C(=O)O. The number of carboxylic acids is 2. The monoisotopic (exact) mass is 272 g/mol. The molecule has 1 atom stereocenters. The van der Waals surface area contributed by atoms with Crippen LogP contribution in [0.3, 0.4) is 0 Å². The highest BCUT2D eigenvalue weighted by Gasteiger charge is 2.16. The minimum Gasteiger partial charge on any atom is -0.502 e. The van der Waals surface area contributed by atoms with Gasteiger partial charge in [0.2, 0.25) is 0 Å². The third-order valence-electron chi connectivity index (χ3n) is 2.98. The van der Waals surface area contributed by atoms with Crippen LogP contribution in [0.25, 0.3) is 0 Å². The Balaban J connectivity index is 3.65. The minimum atomic E-state index is -0.794. The van der Waals surface area contributed by atoms with E-state index < -0.39 is 11.9 Å². The van der Waals surface area contributed by atoms with Crippen molar-refractivity contribution in [1.82, 2.24) is 0 Å². The normalized spacial score (nSPS) is 11.8. The average Bonchev–Trinajstić information content (AvgIpc) is 2.35. The molecule has 0 aliphatic rings. The Kier molecular flexibility index (Phi) is 10.6. The summed E-state index contributed by atoms with van der Waals surface area (Å²) in [5.74, 6) is -1.88. The minimum absolute atomic E-state index is 0.163. The molecule has 0 saturated heterocycles. The van der Waals surface area contributed by atoms with Crippen LogP contribution in [0.2, 0.25) is 0 Å². The van der Waals surface area contributed by atoms with Gasteiger partial charge in [-0.25, -0.2) is 0 Å². The quantitative estimate of drug-likeness (QED) is 0.397. The summed E-state index contributed by atoms with van der Waals surface area (Å²) in [6.45, 7) is 4.01. The molecule has 0 aromatic rings. The van der Waals surface area contributed by atoms with Crippen molar-refractivity contribution in [2.24, 2.45) is 5.92 Å². The van der Waals surface area contributed by atoms with E-state index in [1.807, 2.05) is 0 Å². The van der Waals surface area contributed by atoms with Gasteiger partial charge in [-0.15, -0.1) is 0 Å². The maximum Gasteiger partial charge on any atom is 0.306 e. The van der Waals surface area contributed by atoms with Gasteiger partial charge in [-0.05, 0) is 32.1 Å². The molecular weight excluding hydrogens is 248 g/mol. The lowest BCUT2D eigenvalue weighted by Gasteiger charge is -2.11. The molecule has 0 aliphatic carbocycles. The maximum absolute atomic E-state index is 11.0. The van der Waals surface area contributed by atoms with Gasteiger partial charge in [0, 0.05) is 6.42 Å². The van der Waals surface area contributed by atoms with Gasteiger partial charge < -0.3 is 14.9 Å². The molecule has 5 heteroatoms. The van der Waals surface area contributed by atoms with Crippen LogP contribution < -0.4 is 0 Å². The van der Waals surface area contributed by atoms with Crippen molar-refractivity contribution in [3.05, 3.63) is 12.8 Å². The van der Waals surface area contributed by atoms with E-state index in [4.69, 9.17) is 14.9 Å². The molecule has 0 bridgehead atoms. The highest BCUT2D eigenvalue weighted by atomic mass is 16.5. The third kappa shape index (κ3) is 11.3. The van der Waals surface area contributed by atoms with Crippen LogP contribution >= 0.6 is 0 Å². The number of carboxylic acid groups (broad SMARTS) is 2. The molecule has 2 N–H and O–H groups in total. The van der Waals surface area contributed by atoms with E-state index in [0.717, 1.165) is 25.7 Å². The predicted octanol–water partition coefficient (Wildman–Crippen LogP) is 3.05. The van der Waals surface area contributed by atoms with Crippen LogP contribution in [-0.4, -0.2) is 28.8 Å². The number of hydrogen-bond acceptors (Lipinski definition) is 3. The summed E-state index contributed by atoms with van der Waals surface area (Å²) in [6.07, 6.45) is 6.63. The molecule has 0 fully saturated rings. The van der Waals surface area contributed by atoms with Crippen LogP contribution in [0.5, 0.6) is 0 Å². The zero-order valence-corrected chi connectivity index (χ0v) is 11.3. The molecule has 0 aliphatic heterocycles. The third-order valence-corrected chi connectivity index (χ3v) is 2.98. The molecule has 0 saturated carbocycles.